The molecule has 0 bridgehead atoms. The van der Waals surface area contributed by atoms with Crippen LogP contribution in [-0.2, 0) is 6.42 Å². The molecule has 1 aromatic rings. The van der Waals surface area contributed by atoms with E-state index in [1.54, 1.807) is 13.8 Å². The van der Waals surface area contributed by atoms with E-state index in [-0.39, 0.29) is 22.8 Å². The van der Waals surface area contributed by atoms with Crippen molar-refractivity contribution in [3.63, 3.8) is 0 Å². The predicted molar refractivity (Wildman–Crippen MR) is 55.0 cm³/mol. The maximum atomic E-state index is 13.4. The molecule has 1 aromatic carbocycles. The summed E-state index contributed by atoms with van der Waals surface area (Å²) in [5, 5.41) is 9.43. The molecule has 4 heteroatoms. The molecule has 78 valence electrons. The number of benzene rings is 1. The third kappa shape index (κ3) is 2.59. The van der Waals surface area contributed by atoms with Crippen LogP contribution in [0.15, 0.2) is 12.1 Å². The Bertz CT molecular complexity index is 347. The van der Waals surface area contributed by atoms with Gasteiger partial charge in [-0.1, -0.05) is 11.6 Å². The van der Waals surface area contributed by atoms with Crippen LogP contribution >= 0.6 is 11.6 Å². The summed E-state index contributed by atoms with van der Waals surface area (Å²) in [6.45, 7) is 3.51. The molecule has 0 saturated heterocycles. The maximum Gasteiger partial charge on any atom is 0.148 e. The third-order valence-corrected chi connectivity index (χ3v) is 2.10. The van der Waals surface area contributed by atoms with Crippen LogP contribution in [0.4, 0.5) is 4.39 Å². The Morgan fingerprint density at radius 3 is 2.57 bits per heavy atom. The highest BCUT2D eigenvalue weighted by molar-refractivity contribution is 6.30. The molecule has 0 fully saturated rings. The van der Waals surface area contributed by atoms with Gasteiger partial charge in [-0.3, -0.25) is 0 Å². The first-order chi connectivity index (χ1) is 6.31. The summed E-state index contributed by atoms with van der Waals surface area (Å²) in [5.74, 6) is -0.699. The maximum absolute atomic E-state index is 13.4. The Morgan fingerprint density at radius 1 is 1.50 bits per heavy atom. The fourth-order valence-electron chi connectivity index (χ4n) is 1.21. The summed E-state index contributed by atoms with van der Waals surface area (Å²) in [7, 11) is 0. The Kier molecular flexibility index (Phi) is 3.02. The molecule has 0 atom stereocenters. The van der Waals surface area contributed by atoms with Crippen molar-refractivity contribution in [2.24, 2.45) is 5.73 Å². The summed E-state index contributed by atoms with van der Waals surface area (Å²) in [6.07, 6.45) is 0.241. The summed E-state index contributed by atoms with van der Waals surface area (Å²) in [5.41, 5.74) is 5.33. The monoisotopic (exact) mass is 217 g/mol. The van der Waals surface area contributed by atoms with Crippen molar-refractivity contribution in [1.29, 1.82) is 0 Å². The van der Waals surface area contributed by atoms with Gasteiger partial charge in [0.15, 0.2) is 0 Å². The van der Waals surface area contributed by atoms with Gasteiger partial charge >= 0.3 is 0 Å². The molecule has 0 radical (unpaired) electrons. The second kappa shape index (κ2) is 3.75. The zero-order chi connectivity index (χ0) is 10.9. The summed E-state index contributed by atoms with van der Waals surface area (Å²) in [6, 6.07) is 2.69. The molecule has 0 amide bonds. The normalized spacial score (nSPS) is 11.8. The molecule has 2 nitrogen and oxygen atoms in total. The average molecular weight is 218 g/mol. The quantitative estimate of drug-likeness (QED) is 0.800. The van der Waals surface area contributed by atoms with Crippen LogP contribution in [0.3, 0.4) is 0 Å². The van der Waals surface area contributed by atoms with Gasteiger partial charge in [0.05, 0.1) is 5.02 Å². The lowest BCUT2D eigenvalue weighted by Gasteiger charge is -2.19. The Labute approximate surface area is 87.5 Å². The molecule has 0 aliphatic rings. The first-order valence-corrected chi connectivity index (χ1v) is 4.64. The number of hydrogen-bond donors (Lipinski definition) is 2. The first kappa shape index (κ1) is 11.3. The second-order valence-electron chi connectivity index (χ2n) is 4.02. The van der Waals surface area contributed by atoms with Crippen LogP contribution in [0, 0.1) is 5.82 Å². The average Bonchev–Trinajstić information content (AvgIpc) is 2.04. The van der Waals surface area contributed by atoms with Crippen LogP contribution in [0.1, 0.15) is 19.4 Å². The van der Waals surface area contributed by atoms with E-state index in [1.165, 1.54) is 12.1 Å². The minimum Gasteiger partial charge on any atom is -0.508 e. The summed E-state index contributed by atoms with van der Waals surface area (Å²) < 4.78 is 13.4. The van der Waals surface area contributed by atoms with E-state index in [0.29, 0.717) is 0 Å². The van der Waals surface area contributed by atoms with Gasteiger partial charge in [0.1, 0.15) is 11.6 Å². The van der Waals surface area contributed by atoms with Crippen molar-refractivity contribution in [3.8, 4) is 5.75 Å². The van der Waals surface area contributed by atoms with Gasteiger partial charge in [0.2, 0.25) is 0 Å². The first-order valence-electron chi connectivity index (χ1n) is 4.26. The van der Waals surface area contributed by atoms with Crippen molar-refractivity contribution in [2.75, 3.05) is 0 Å². The van der Waals surface area contributed by atoms with Crippen LogP contribution < -0.4 is 5.73 Å². The number of nitrogens with two attached hydrogens (primary N) is 1. The van der Waals surface area contributed by atoms with Crippen LogP contribution in [-0.4, -0.2) is 10.6 Å². The molecule has 0 saturated carbocycles. The number of rotatable bonds is 2. The Hall–Kier alpha value is -0.800. The van der Waals surface area contributed by atoms with Crippen LogP contribution in [0.5, 0.6) is 5.75 Å². The lowest BCUT2D eigenvalue weighted by molar-refractivity contribution is 0.436. The lowest BCUT2D eigenvalue weighted by Crippen LogP contribution is -2.34. The van der Waals surface area contributed by atoms with Gasteiger partial charge < -0.3 is 10.8 Å². The minimum absolute atomic E-state index is 0.00190. The summed E-state index contributed by atoms with van der Waals surface area (Å²) in [4.78, 5) is 0. The van der Waals surface area contributed by atoms with E-state index in [0.717, 1.165) is 0 Å². The molecule has 3 N–H and O–H groups in total. The predicted octanol–water partition coefficient (Wildman–Crippen LogP) is 2.46. The van der Waals surface area contributed by atoms with Crippen LogP contribution in [0.25, 0.3) is 0 Å². The molecule has 0 unspecified atom stereocenters. The molecule has 0 aliphatic heterocycles. The Balaban J connectivity index is 3.13. The van der Waals surface area contributed by atoms with Crippen molar-refractivity contribution in [1.82, 2.24) is 0 Å². The summed E-state index contributed by atoms with van der Waals surface area (Å²) >= 11 is 5.59. The molecule has 1 rings (SSSR count). The number of phenols is 1. The van der Waals surface area contributed by atoms with E-state index in [9.17, 15) is 9.50 Å². The SMILES string of the molecule is CC(C)(N)Cc1c(O)ccc(Cl)c1F. The largest absolute Gasteiger partial charge is 0.508 e. The Morgan fingerprint density at radius 2 is 2.07 bits per heavy atom. The highest BCUT2D eigenvalue weighted by Crippen LogP contribution is 2.28. The van der Waals surface area contributed by atoms with Gasteiger partial charge in [0.25, 0.3) is 0 Å². The zero-order valence-corrected chi connectivity index (χ0v) is 8.90. The van der Waals surface area contributed by atoms with E-state index >= 15 is 0 Å². The molecule has 14 heavy (non-hydrogen) atoms. The van der Waals surface area contributed by atoms with Crippen LogP contribution in [0.2, 0.25) is 5.02 Å². The molecule has 0 spiro atoms. The van der Waals surface area contributed by atoms with Gasteiger partial charge in [-0.05, 0) is 32.4 Å². The minimum atomic E-state index is -0.592. The number of halogens is 2. The van der Waals surface area contributed by atoms with E-state index in [2.05, 4.69) is 0 Å². The van der Waals surface area contributed by atoms with Crippen molar-refractivity contribution < 1.29 is 9.50 Å². The topological polar surface area (TPSA) is 46.2 Å². The molecular formula is C10H13ClFNO. The van der Waals surface area contributed by atoms with Crippen molar-refractivity contribution in [3.05, 3.63) is 28.5 Å². The second-order valence-corrected chi connectivity index (χ2v) is 4.43. The standard InChI is InChI=1S/C10H13ClFNO/c1-10(2,13)5-6-8(14)4-3-7(11)9(6)12/h3-4,14H,5,13H2,1-2H3. The van der Waals surface area contributed by atoms with Crippen molar-refractivity contribution in [2.45, 2.75) is 25.8 Å². The van der Waals surface area contributed by atoms with E-state index in [4.69, 9.17) is 17.3 Å². The fourth-order valence-corrected chi connectivity index (χ4v) is 1.38. The van der Waals surface area contributed by atoms with Crippen molar-refractivity contribution >= 4 is 11.6 Å². The van der Waals surface area contributed by atoms with E-state index < -0.39 is 11.4 Å². The molecule has 0 aromatic heterocycles. The fraction of sp³-hybridized carbons (Fsp3) is 0.400. The van der Waals surface area contributed by atoms with Gasteiger partial charge in [-0.2, -0.15) is 0 Å². The number of hydrogen-bond acceptors (Lipinski definition) is 2. The highest BCUT2D eigenvalue weighted by atomic mass is 35.5. The number of aromatic hydroxyl groups is 1. The molecule has 0 heterocycles. The zero-order valence-electron chi connectivity index (χ0n) is 8.14. The van der Waals surface area contributed by atoms with Gasteiger partial charge in [-0.15, -0.1) is 0 Å². The lowest BCUT2D eigenvalue weighted by atomic mass is 9.95. The molecular weight excluding hydrogens is 205 g/mol. The number of phenolic OH excluding ortho intramolecular Hbond substituents is 1. The third-order valence-electron chi connectivity index (χ3n) is 1.80. The van der Waals surface area contributed by atoms with Gasteiger partial charge in [-0.25, -0.2) is 4.39 Å². The molecule has 0 aliphatic carbocycles. The van der Waals surface area contributed by atoms with Gasteiger partial charge in [0, 0.05) is 11.1 Å². The van der Waals surface area contributed by atoms with E-state index in [1.807, 2.05) is 0 Å². The smallest absolute Gasteiger partial charge is 0.148 e. The highest BCUT2D eigenvalue weighted by Gasteiger charge is 2.19.